The number of piperidine rings is 1. The third-order valence-corrected chi connectivity index (χ3v) is 10.1. The van der Waals surface area contributed by atoms with Crippen molar-refractivity contribution < 1.29 is 47.7 Å². The first-order chi connectivity index (χ1) is 30.7. The van der Waals surface area contributed by atoms with Crippen LogP contribution >= 0.6 is 0 Å². The zero-order chi connectivity index (χ0) is 46.1. The predicted molar refractivity (Wildman–Crippen MR) is 238 cm³/mol. The van der Waals surface area contributed by atoms with Crippen molar-refractivity contribution in [3.8, 4) is 5.75 Å². The lowest BCUT2D eigenvalue weighted by atomic mass is 9.98. The molecule has 4 aromatic rings. The molecule has 5 rings (SSSR count). The van der Waals surface area contributed by atoms with Crippen molar-refractivity contribution in [1.29, 1.82) is 5.41 Å². The van der Waals surface area contributed by atoms with Gasteiger partial charge >= 0.3 is 18.3 Å². The standard InChI is InChI=1S/C48H58N6O10/c1-6-61-38-24-22-33(23-25-38)30-39(51-45(57)64-48(2,3)4)42(55)52-40(41(60-5)36-20-14-9-15-21-36)43(56)50-37-26-28-53(29-27-37)44(49)54(46(58)62-31-34-16-10-7-11-17-34)47(59)63-32-35-18-12-8-13-19-35/h7-25,37,39-41,49H,6,26-32H2,1-5H3,(H,50,56)(H,51,57)(H,52,55). The molecule has 1 heterocycles. The van der Waals surface area contributed by atoms with Crippen LogP contribution in [0.1, 0.15) is 68.9 Å². The van der Waals surface area contributed by atoms with Crippen molar-refractivity contribution in [1.82, 2.24) is 25.8 Å². The molecule has 1 aliphatic heterocycles. The van der Waals surface area contributed by atoms with Gasteiger partial charge in [-0.3, -0.25) is 15.0 Å². The summed E-state index contributed by atoms with van der Waals surface area (Å²) in [7, 11) is 1.44. The van der Waals surface area contributed by atoms with Crippen LogP contribution in [-0.2, 0) is 48.2 Å². The summed E-state index contributed by atoms with van der Waals surface area (Å²) in [4.78, 5) is 70.7. The van der Waals surface area contributed by atoms with E-state index in [0.29, 0.717) is 46.8 Å². The smallest absolute Gasteiger partial charge is 0.426 e. The topological polar surface area (TPSA) is 198 Å². The number of carbonyl (C=O) groups is 5. The summed E-state index contributed by atoms with van der Waals surface area (Å²) in [5.41, 5.74) is 1.88. The van der Waals surface area contributed by atoms with Gasteiger partial charge < -0.3 is 44.5 Å². The van der Waals surface area contributed by atoms with E-state index in [9.17, 15) is 24.0 Å². The van der Waals surface area contributed by atoms with Gasteiger partial charge in [0.2, 0.25) is 17.8 Å². The van der Waals surface area contributed by atoms with E-state index < -0.39 is 65.9 Å². The Balaban J connectivity index is 1.30. The van der Waals surface area contributed by atoms with Gasteiger partial charge in [0.15, 0.2) is 0 Å². The van der Waals surface area contributed by atoms with E-state index in [0.717, 1.165) is 5.56 Å². The molecule has 340 valence electrons. The lowest BCUT2D eigenvalue weighted by Crippen LogP contribution is -2.59. The number of hydrogen-bond acceptors (Lipinski definition) is 11. The fourth-order valence-corrected chi connectivity index (χ4v) is 6.91. The van der Waals surface area contributed by atoms with Gasteiger partial charge in [0.25, 0.3) is 0 Å². The fraction of sp³-hybridized carbons (Fsp3) is 0.375. The highest BCUT2D eigenvalue weighted by atomic mass is 16.6. The molecule has 0 aliphatic carbocycles. The molecule has 0 bridgehead atoms. The molecule has 0 radical (unpaired) electrons. The highest BCUT2D eigenvalue weighted by Gasteiger charge is 2.38. The number of alkyl carbamates (subject to hydrolysis) is 1. The summed E-state index contributed by atoms with van der Waals surface area (Å²) in [6, 6.07) is 31.1. The number of likely N-dealkylation sites (tertiary alicyclic amines) is 1. The Kier molecular flexibility index (Phi) is 17.7. The van der Waals surface area contributed by atoms with Crippen LogP contribution in [0.2, 0.25) is 0 Å². The Hall–Kier alpha value is -6.94. The lowest BCUT2D eigenvalue weighted by molar-refractivity contribution is -0.134. The predicted octanol–water partition coefficient (Wildman–Crippen LogP) is 6.88. The minimum Gasteiger partial charge on any atom is -0.494 e. The molecule has 0 saturated carbocycles. The Morgan fingerprint density at radius 1 is 0.734 bits per heavy atom. The number of imide groups is 1. The number of methoxy groups -OCH3 is 1. The van der Waals surface area contributed by atoms with E-state index in [4.69, 9.17) is 29.1 Å². The number of rotatable bonds is 16. The van der Waals surface area contributed by atoms with Crippen LogP contribution in [0.5, 0.6) is 5.75 Å². The van der Waals surface area contributed by atoms with E-state index in [-0.39, 0.29) is 32.7 Å². The summed E-state index contributed by atoms with van der Waals surface area (Å²) in [5.74, 6) is -0.993. The van der Waals surface area contributed by atoms with E-state index in [2.05, 4.69) is 16.0 Å². The van der Waals surface area contributed by atoms with Crippen LogP contribution in [-0.4, -0.2) is 96.4 Å². The Morgan fingerprint density at radius 3 is 1.77 bits per heavy atom. The third kappa shape index (κ3) is 14.6. The van der Waals surface area contributed by atoms with Crippen LogP contribution in [0.3, 0.4) is 0 Å². The maximum absolute atomic E-state index is 14.4. The minimum atomic E-state index is -1.27. The van der Waals surface area contributed by atoms with Gasteiger partial charge in [-0.2, -0.15) is 0 Å². The molecule has 64 heavy (non-hydrogen) atoms. The average molecular weight is 879 g/mol. The largest absolute Gasteiger partial charge is 0.494 e. The molecule has 1 saturated heterocycles. The van der Waals surface area contributed by atoms with Crippen molar-refractivity contribution in [2.24, 2.45) is 0 Å². The Morgan fingerprint density at radius 2 is 1.27 bits per heavy atom. The SMILES string of the molecule is CCOc1ccc(CC(NC(=O)OC(C)(C)C)C(=O)NC(C(=O)NC2CCN(C(=N)N(C(=O)OCc3ccccc3)C(=O)OCc3ccccc3)CC2)C(OC)c2ccccc2)cc1. The molecule has 16 nitrogen and oxygen atoms in total. The molecule has 0 aromatic heterocycles. The Bertz CT molecular complexity index is 2090. The molecule has 4 aromatic carbocycles. The quantitative estimate of drug-likeness (QED) is 0.0520. The van der Waals surface area contributed by atoms with Crippen molar-refractivity contribution in [2.45, 2.75) is 90.0 Å². The van der Waals surface area contributed by atoms with Crippen LogP contribution < -0.4 is 20.7 Å². The Labute approximate surface area is 374 Å². The molecule has 3 unspecified atom stereocenters. The maximum Gasteiger partial charge on any atom is 0.426 e. The number of amides is 5. The highest BCUT2D eigenvalue weighted by molar-refractivity contribution is 6.06. The van der Waals surface area contributed by atoms with E-state index >= 15 is 0 Å². The van der Waals surface area contributed by atoms with Gasteiger partial charge in [0, 0.05) is 32.7 Å². The van der Waals surface area contributed by atoms with Gasteiger partial charge in [-0.1, -0.05) is 103 Å². The number of hydrogen-bond donors (Lipinski definition) is 4. The molecule has 1 fully saturated rings. The molecule has 1 aliphatic rings. The van der Waals surface area contributed by atoms with E-state index in [1.54, 1.807) is 118 Å². The summed E-state index contributed by atoms with van der Waals surface area (Å²) in [5, 5.41) is 17.6. The highest BCUT2D eigenvalue weighted by Crippen LogP contribution is 2.23. The second-order valence-electron chi connectivity index (χ2n) is 16.0. The zero-order valence-corrected chi connectivity index (χ0v) is 36.9. The summed E-state index contributed by atoms with van der Waals surface area (Å²) in [6.45, 7) is 7.57. The van der Waals surface area contributed by atoms with Crippen LogP contribution in [0.4, 0.5) is 14.4 Å². The first kappa shape index (κ1) is 48.1. The minimum absolute atomic E-state index is 0.0653. The molecule has 4 N–H and O–H groups in total. The molecular formula is C48H58N6O10. The summed E-state index contributed by atoms with van der Waals surface area (Å²) < 4.78 is 27.9. The second kappa shape index (κ2) is 23.5. The van der Waals surface area contributed by atoms with Crippen LogP contribution in [0.15, 0.2) is 115 Å². The number of nitrogens with one attached hydrogen (secondary N) is 4. The first-order valence-electron chi connectivity index (χ1n) is 21.2. The van der Waals surface area contributed by atoms with Crippen LogP contribution in [0.25, 0.3) is 0 Å². The van der Waals surface area contributed by atoms with Gasteiger partial charge in [0.05, 0.1) is 6.61 Å². The van der Waals surface area contributed by atoms with Crippen molar-refractivity contribution in [3.63, 3.8) is 0 Å². The summed E-state index contributed by atoms with van der Waals surface area (Å²) >= 11 is 0. The first-order valence-corrected chi connectivity index (χ1v) is 21.2. The molecule has 0 spiro atoms. The molecule has 3 atom stereocenters. The average Bonchev–Trinajstić information content (AvgIpc) is 3.28. The van der Waals surface area contributed by atoms with Gasteiger partial charge in [-0.15, -0.1) is 4.90 Å². The van der Waals surface area contributed by atoms with Crippen molar-refractivity contribution in [3.05, 3.63) is 138 Å². The number of ether oxygens (including phenoxy) is 5. The maximum atomic E-state index is 14.4. The van der Waals surface area contributed by atoms with Crippen molar-refractivity contribution in [2.75, 3.05) is 26.8 Å². The number of guanidine groups is 1. The lowest BCUT2D eigenvalue weighted by Gasteiger charge is -2.37. The van der Waals surface area contributed by atoms with E-state index in [1.807, 2.05) is 25.1 Å². The third-order valence-electron chi connectivity index (χ3n) is 10.1. The molecule has 5 amide bonds. The van der Waals surface area contributed by atoms with E-state index in [1.165, 1.54) is 12.0 Å². The van der Waals surface area contributed by atoms with Crippen LogP contribution in [0, 0.1) is 5.41 Å². The van der Waals surface area contributed by atoms with Gasteiger partial charge in [-0.05, 0) is 74.9 Å². The van der Waals surface area contributed by atoms with Crippen molar-refractivity contribution >= 4 is 36.1 Å². The zero-order valence-electron chi connectivity index (χ0n) is 36.9. The number of nitrogens with zero attached hydrogens (tertiary/aromatic N) is 2. The molecule has 16 heteroatoms. The number of carbonyl (C=O) groups excluding carboxylic acids is 5. The fourth-order valence-electron chi connectivity index (χ4n) is 6.91. The van der Waals surface area contributed by atoms with Gasteiger partial charge in [-0.25, -0.2) is 14.4 Å². The number of benzene rings is 4. The summed E-state index contributed by atoms with van der Waals surface area (Å²) in [6.07, 6.45) is -3.22. The van der Waals surface area contributed by atoms with Gasteiger partial charge in [0.1, 0.15) is 42.8 Å². The monoisotopic (exact) mass is 878 g/mol. The second-order valence-corrected chi connectivity index (χ2v) is 16.0. The normalized spacial score (nSPS) is 14.2. The molecular weight excluding hydrogens is 821 g/mol.